The Bertz CT molecular complexity index is 1090. The van der Waals surface area contributed by atoms with Crippen LogP contribution in [0.15, 0.2) is 66.9 Å². The van der Waals surface area contributed by atoms with Crippen molar-refractivity contribution in [2.24, 2.45) is 0 Å². The van der Waals surface area contributed by atoms with Crippen LogP contribution in [-0.2, 0) is 16.1 Å². The Morgan fingerprint density at radius 2 is 1.66 bits per heavy atom. The highest BCUT2D eigenvalue weighted by Gasteiger charge is 2.27. The first-order valence-corrected chi connectivity index (χ1v) is 12.1. The van der Waals surface area contributed by atoms with Crippen molar-refractivity contribution in [2.75, 3.05) is 53.0 Å². The number of carbonyl (C=O) groups excluding carboxylic acids is 2. The van der Waals surface area contributed by atoms with Crippen LogP contribution in [0.4, 0.5) is 0 Å². The van der Waals surface area contributed by atoms with Crippen molar-refractivity contribution < 1.29 is 14.3 Å². The monoisotopic (exact) mass is 475 g/mol. The number of nitrogens with zero attached hydrogens (tertiary/aromatic N) is 4. The van der Waals surface area contributed by atoms with Gasteiger partial charge < -0.3 is 15.0 Å². The van der Waals surface area contributed by atoms with Crippen LogP contribution in [0.1, 0.15) is 22.3 Å². The largest absolute Gasteiger partial charge is 0.385 e. The summed E-state index contributed by atoms with van der Waals surface area (Å²) in [4.78, 5) is 29.7. The fourth-order valence-corrected chi connectivity index (χ4v) is 4.22. The molecule has 2 aromatic carbocycles. The second kappa shape index (κ2) is 12.3. The quantitative estimate of drug-likeness (QED) is 0.456. The molecule has 0 bridgehead atoms. The number of hydrogen-bond acceptors (Lipinski definition) is 5. The Labute approximate surface area is 206 Å². The van der Waals surface area contributed by atoms with Gasteiger partial charge >= 0.3 is 0 Å². The Hall–Kier alpha value is -3.49. The van der Waals surface area contributed by atoms with Crippen LogP contribution in [0.5, 0.6) is 0 Å². The molecule has 4 rings (SSSR count). The van der Waals surface area contributed by atoms with Gasteiger partial charge in [-0.25, -0.2) is 0 Å². The van der Waals surface area contributed by atoms with Crippen molar-refractivity contribution >= 4 is 11.8 Å². The minimum Gasteiger partial charge on any atom is -0.385 e. The summed E-state index contributed by atoms with van der Waals surface area (Å²) in [7, 11) is 1.65. The van der Waals surface area contributed by atoms with Gasteiger partial charge in [0.1, 0.15) is 5.69 Å². The molecular weight excluding hydrogens is 442 g/mol. The second-order valence-corrected chi connectivity index (χ2v) is 8.71. The van der Waals surface area contributed by atoms with Gasteiger partial charge in [-0.1, -0.05) is 60.7 Å². The molecule has 0 atom stereocenters. The molecule has 8 nitrogen and oxygen atoms in total. The fraction of sp³-hybridized carbons (Fsp3) is 0.370. The molecule has 35 heavy (non-hydrogen) atoms. The summed E-state index contributed by atoms with van der Waals surface area (Å²) in [5.41, 5.74) is 3.36. The molecule has 0 radical (unpaired) electrons. The molecule has 3 aromatic rings. The third-order valence-corrected chi connectivity index (χ3v) is 6.10. The highest BCUT2D eigenvalue weighted by Crippen LogP contribution is 2.24. The maximum absolute atomic E-state index is 13.6. The predicted octanol–water partition coefficient (Wildman–Crippen LogP) is 2.51. The van der Waals surface area contributed by atoms with E-state index in [0.717, 1.165) is 17.5 Å². The third-order valence-electron chi connectivity index (χ3n) is 6.10. The maximum atomic E-state index is 13.6. The minimum atomic E-state index is -0.0215. The lowest BCUT2D eigenvalue weighted by atomic mass is 10.1. The molecule has 0 saturated carbocycles. The molecule has 2 amide bonds. The smallest absolute Gasteiger partial charge is 0.257 e. The van der Waals surface area contributed by atoms with Crippen LogP contribution >= 0.6 is 0 Å². The van der Waals surface area contributed by atoms with Gasteiger partial charge in [0.25, 0.3) is 5.91 Å². The number of benzene rings is 2. The SMILES string of the molecule is COCCCNC(=O)CN1CCN(C(=O)c2cn(Cc3ccccc3)nc2-c2ccccc2)CC1. The maximum Gasteiger partial charge on any atom is 0.257 e. The Morgan fingerprint density at radius 3 is 2.34 bits per heavy atom. The summed E-state index contributed by atoms with van der Waals surface area (Å²) in [6, 6.07) is 19.9. The van der Waals surface area contributed by atoms with Gasteiger partial charge in [-0.2, -0.15) is 5.10 Å². The van der Waals surface area contributed by atoms with Crippen molar-refractivity contribution in [3.63, 3.8) is 0 Å². The van der Waals surface area contributed by atoms with Crippen LogP contribution in [0.25, 0.3) is 11.3 Å². The first-order valence-electron chi connectivity index (χ1n) is 12.1. The molecule has 1 aliphatic heterocycles. The topological polar surface area (TPSA) is 79.7 Å². The highest BCUT2D eigenvalue weighted by atomic mass is 16.5. The zero-order chi connectivity index (χ0) is 24.5. The zero-order valence-corrected chi connectivity index (χ0v) is 20.2. The van der Waals surface area contributed by atoms with E-state index in [-0.39, 0.29) is 11.8 Å². The van der Waals surface area contributed by atoms with Crippen LogP contribution in [0.2, 0.25) is 0 Å². The van der Waals surface area contributed by atoms with E-state index < -0.39 is 0 Å². The molecule has 184 valence electrons. The van der Waals surface area contributed by atoms with Crippen LogP contribution in [0.3, 0.4) is 0 Å². The molecule has 8 heteroatoms. The van der Waals surface area contributed by atoms with Gasteiger partial charge in [-0.3, -0.25) is 19.2 Å². The molecule has 1 N–H and O–H groups in total. The summed E-state index contributed by atoms with van der Waals surface area (Å²) >= 11 is 0. The standard InChI is InChI=1S/C27H33N5O3/c1-35-18-8-13-28-25(33)21-30-14-16-31(17-15-30)27(34)24-20-32(19-22-9-4-2-5-10-22)29-26(24)23-11-6-3-7-12-23/h2-7,9-12,20H,8,13-19,21H2,1H3,(H,28,33). The van der Waals surface area contributed by atoms with E-state index in [9.17, 15) is 9.59 Å². The summed E-state index contributed by atoms with van der Waals surface area (Å²) in [5, 5.41) is 7.71. The van der Waals surface area contributed by atoms with Crippen molar-refractivity contribution in [3.8, 4) is 11.3 Å². The van der Waals surface area contributed by atoms with Crippen molar-refractivity contribution in [3.05, 3.63) is 78.0 Å². The van der Waals surface area contributed by atoms with Crippen molar-refractivity contribution in [1.82, 2.24) is 24.9 Å². The van der Waals surface area contributed by atoms with Gasteiger partial charge in [0.15, 0.2) is 0 Å². The summed E-state index contributed by atoms with van der Waals surface area (Å²) in [6.07, 6.45) is 2.66. The summed E-state index contributed by atoms with van der Waals surface area (Å²) < 4.78 is 6.85. The lowest BCUT2D eigenvalue weighted by Gasteiger charge is -2.34. The zero-order valence-electron chi connectivity index (χ0n) is 20.2. The Balaban J connectivity index is 1.41. The number of carbonyl (C=O) groups is 2. The van der Waals surface area contributed by atoms with Crippen LogP contribution in [-0.4, -0.2) is 84.4 Å². The van der Waals surface area contributed by atoms with Gasteiger partial charge in [-0.15, -0.1) is 0 Å². The van der Waals surface area contributed by atoms with E-state index in [0.29, 0.717) is 63.7 Å². The number of aromatic nitrogens is 2. The van der Waals surface area contributed by atoms with E-state index in [1.807, 2.05) is 64.3 Å². The molecule has 0 aliphatic carbocycles. The molecular formula is C27H33N5O3. The van der Waals surface area contributed by atoms with E-state index >= 15 is 0 Å². The molecule has 1 fully saturated rings. The lowest BCUT2D eigenvalue weighted by molar-refractivity contribution is -0.122. The second-order valence-electron chi connectivity index (χ2n) is 8.71. The Morgan fingerprint density at radius 1 is 0.971 bits per heavy atom. The number of nitrogens with one attached hydrogen (secondary N) is 1. The third kappa shape index (κ3) is 6.77. The van der Waals surface area contributed by atoms with E-state index in [2.05, 4.69) is 22.3 Å². The average Bonchev–Trinajstić information content (AvgIpc) is 3.31. The van der Waals surface area contributed by atoms with Crippen molar-refractivity contribution in [1.29, 1.82) is 0 Å². The summed E-state index contributed by atoms with van der Waals surface area (Å²) in [5.74, 6) is -0.0127. The van der Waals surface area contributed by atoms with Gasteiger partial charge in [0, 0.05) is 58.2 Å². The number of piperazine rings is 1. The predicted molar refractivity (Wildman–Crippen MR) is 135 cm³/mol. The first-order chi connectivity index (χ1) is 17.1. The number of methoxy groups -OCH3 is 1. The van der Waals surface area contributed by atoms with Crippen LogP contribution in [0, 0.1) is 0 Å². The van der Waals surface area contributed by atoms with Crippen LogP contribution < -0.4 is 5.32 Å². The van der Waals surface area contributed by atoms with Crippen molar-refractivity contribution in [2.45, 2.75) is 13.0 Å². The first kappa shape index (κ1) is 24.6. The number of ether oxygens (including phenoxy) is 1. The molecule has 1 aliphatic rings. The lowest BCUT2D eigenvalue weighted by Crippen LogP contribution is -2.51. The average molecular weight is 476 g/mol. The minimum absolute atomic E-state index is 0.00873. The molecule has 2 heterocycles. The highest BCUT2D eigenvalue weighted by molar-refractivity contribution is 5.99. The fourth-order valence-electron chi connectivity index (χ4n) is 4.22. The van der Waals surface area contributed by atoms with E-state index in [1.165, 1.54) is 0 Å². The summed E-state index contributed by atoms with van der Waals surface area (Å²) in [6.45, 7) is 4.67. The molecule has 1 aromatic heterocycles. The number of rotatable bonds is 10. The van der Waals surface area contributed by atoms with E-state index in [4.69, 9.17) is 9.84 Å². The molecule has 1 saturated heterocycles. The number of amides is 2. The Kier molecular flexibility index (Phi) is 8.64. The van der Waals surface area contributed by atoms with Gasteiger partial charge in [0.2, 0.25) is 5.91 Å². The van der Waals surface area contributed by atoms with Gasteiger partial charge in [0.05, 0.1) is 18.7 Å². The molecule has 0 unspecified atom stereocenters. The van der Waals surface area contributed by atoms with Gasteiger partial charge in [-0.05, 0) is 12.0 Å². The normalized spacial score (nSPS) is 14.1. The number of hydrogen-bond donors (Lipinski definition) is 1. The van der Waals surface area contributed by atoms with E-state index in [1.54, 1.807) is 7.11 Å². The molecule has 0 spiro atoms.